The zero-order valence-electron chi connectivity index (χ0n) is 17.5. The predicted octanol–water partition coefficient (Wildman–Crippen LogP) is 2.43. The van der Waals surface area contributed by atoms with Crippen molar-refractivity contribution in [3.8, 4) is 0 Å². The van der Waals surface area contributed by atoms with E-state index in [1.165, 1.54) is 12.8 Å². The van der Waals surface area contributed by atoms with Gasteiger partial charge in [0, 0.05) is 66.5 Å². The fraction of sp³-hybridized carbons (Fsp3) is 0.950. The fourth-order valence-electron chi connectivity index (χ4n) is 4.19. The number of piperidine rings is 1. The van der Waals surface area contributed by atoms with Crippen LogP contribution in [-0.2, 0) is 18.9 Å². The third kappa shape index (κ3) is 6.97. The lowest BCUT2D eigenvalue weighted by molar-refractivity contribution is -0.0860. The average molecular weight is 511 g/mol. The summed E-state index contributed by atoms with van der Waals surface area (Å²) in [5.74, 6) is 0.965. The minimum atomic E-state index is -0.143. The molecule has 3 rings (SSSR count). The first-order valence-electron chi connectivity index (χ1n) is 10.6. The van der Waals surface area contributed by atoms with Crippen molar-refractivity contribution in [1.82, 2.24) is 10.2 Å². The molecule has 3 aliphatic rings. The summed E-state index contributed by atoms with van der Waals surface area (Å²) in [4.78, 5) is 6.82. The van der Waals surface area contributed by atoms with E-state index in [9.17, 15) is 0 Å². The molecule has 0 aromatic heterocycles. The van der Waals surface area contributed by atoms with Crippen LogP contribution in [0, 0.1) is 0 Å². The summed E-state index contributed by atoms with van der Waals surface area (Å²) in [6.45, 7) is 5.88. The van der Waals surface area contributed by atoms with Crippen molar-refractivity contribution in [3.05, 3.63) is 0 Å². The van der Waals surface area contributed by atoms with E-state index < -0.39 is 0 Å². The molecule has 1 unspecified atom stereocenters. The molecule has 0 radical (unpaired) electrons. The Morgan fingerprint density at radius 1 is 1.14 bits per heavy atom. The largest absolute Gasteiger partial charge is 0.381 e. The molecule has 1 atom stereocenters. The highest BCUT2D eigenvalue weighted by Crippen LogP contribution is 2.24. The van der Waals surface area contributed by atoms with Gasteiger partial charge in [-0.25, -0.2) is 0 Å². The van der Waals surface area contributed by atoms with Crippen LogP contribution in [0.15, 0.2) is 4.99 Å². The summed E-state index contributed by atoms with van der Waals surface area (Å²) in [5.41, 5.74) is -0.143. The van der Waals surface area contributed by atoms with Crippen LogP contribution in [0.2, 0.25) is 0 Å². The van der Waals surface area contributed by atoms with Gasteiger partial charge in [0.05, 0.1) is 24.4 Å². The van der Waals surface area contributed by atoms with Crippen molar-refractivity contribution in [2.24, 2.45) is 4.99 Å². The van der Waals surface area contributed by atoms with Crippen LogP contribution >= 0.6 is 24.0 Å². The molecule has 3 heterocycles. The Hall–Kier alpha value is -0.160. The molecule has 0 aromatic rings. The van der Waals surface area contributed by atoms with Crippen LogP contribution in [0.3, 0.4) is 0 Å². The number of aliphatic imine (C=N–C) groups is 1. The van der Waals surface area contributed by atoms with Crippen molar-refractivity contribution in [2.45, 2.75) is 62.8 Å². The Balaban J connectivity index is 0.00000280. The van der Waals surface area contributed by atoms with Crippen LogP contribution in [0.25, 0.3) is 0 Å². The van der Waals surface area contributed by atoms with Crippen molar-refractivity contribution in [2.75, 3.05) is 60.2 Å². The molecule has 3 saturated heterocycles. The van der Waals surface area contributed by atoms with Crippen molar-refractivity contribution in [3.63, 3.8) is 0 Å². The lowest BCUT2D eigenvalue weighted by atomic mass is 9.94. The quantitative estimate of drug-likeness (QED) is 0.336. The number of methoxy groups -OCH3 is 1. The van der Waals surface area contributed by atoms with Gasteiger partial charge in [0.25, 0.3) is 0 Å². The number of hydrogen-bond donors (Lipinski definition) is 1. The van der Waals surface area contributed by atoms with Gasteiger partial charge in [-0.15, -0.1) is 24.0 Å². The van der Waals surface area contributed by atoms with Gasteiger partial charge in [-0.2, -0.15) is 0 Å². The summed E-state index contributed by atoms with van der Waals surface area (Å²) in [6, 6.07) is 0. The first kappa shape index (κ1) is 24.1. The van der Waals surface area contributed by atoms with Gasteiger partial charge in [0.1, 0.15) is 0 Å². The first-order valence-corrected chi connectivity index (χ1v) is 10.6. The van der Waals surface area contributed by atoms with Crippen LogP contribution in [-0.4, -0.2) is 88.9 Å². The summed E-state index contributed by atoms with van der Waals surface area (Å²) < 4.78 is 23.2. The van der Waals surface area contributed by atoms with E-state index in [2.05, 4.69) is 15.2 Å². The molecule has 0 aliphatic carbocycles. The van der Waals surface area contributed by atoms with Gasteiger partial charge >= 0.3 is 0 Å². The lowest BCUT2D eigenvalue weighted by Gasteiger charge is -2.39. The minimum absolute atomic E-state index is 0. The van der Waals surface area contributed by atoms with E-state index in [0.717, 1.165) is 84.1 Å². The highest BCUT2D eigenvalue weighted by Gasteiger charge is 2.33. The molecular formula is C20H38IN3O4. The van der Waals surface area contributed by atoms with E-state index >= 15 is 0 Å². The monoisotopic (exact) mass is 511 g/mol. The number of rotatable bonds is 6. The van der Waals surface area contributed by atoms with Crippen LogP contribution in [0.1, 0.15) is 44.9 Å². The molecular weight excluding hydrogens is 473 g/mol. The summed E-state index contributed by atoms with van der Waals surface area (Å²) in [5, 5.41) is 3.53. The Labute approximate surface area is 186 Å². The maximum atomic E-state index is 6.13. The highest BCUT2D eigenvalue weighted by molar-refractivity contribution is 14.0. The number of hydrogen-bond acceptors (Lipinski definition) is 5. The van der Waals surface area contributed by atoms with Gasteiger partial charge < -0.3 is 29.2 Å². The second-order valence-electron chi connectivity index (χ2n) is 7.91. The van der Waals surface area contributed by atoms with Crippen molar-refractivity contribution < 1.29 is 18.9 Å². The molecule has 0 bridgehead atoms. The molecule has 28 heavy (non-hydrogen) atoms. The van der Waals surface area contributed by atoms with Crippen LogP contribution in [0.5, 0.6) is 0 Å². The number of likely N-dealkylation sites (tertiary alicyclic amines) is 1. The Bertz CT molecular complexity index is 460. The average Bonchev–Trinajstić information content (AvgIpc) is 2.75. The van der Waals surface area contributed by atoms with Crippen molar-refractivity contribution in [1.29, 1.82) is 0 Å². The van der Waals surface area contributed by atoms with Gasteiger partial charge in [-0.05, 0) is 32.1 Å². The SMILES string of the molecule is CN=C(NCC1(OC)CCOCC1)N1CCC(OCC2CCCCO2)CC1.I. The third-order valence-electron chi connectivity index (χ3n) is 6.15. The van der Waals surface area contributed by atoms with Gasteiger partial charge in [0.15, 0.2) is 5.96 Å². The zero-order chi connectivity index (χ0) is 19.0. The lowest BCUT2D eigenvalue weighted by Crippen LogP contribution is -2.53. The second-order valence-corrected chi connectivity index (χ2v) is 7.91. The smallest absolute Gasteiger partial charge is 0.193 e. The molecule has 1 N–H and O–H groups in total. The van der Waals surface area contributed by atoms with Crippen molar-refractivity contribution >= 4 is 29.9 Å². The molecule has 0 spiro atoms. The second kappa shape index (κ2) is 12.5. The van der Waals surface area contributed by atoms with E-state index in [0.29, 0.717) is 12.2 Å². The molecule has 8 heteroatoms. The number of ether oxygens (including phenoxy) is 4. The predicted molar refractivity (Wildman–Crippen MR) is 121 cm³/mol. The third-order valence-corrected chi connectivity index (χ3v) is 6.15. The van der Waals surface area contributed by atoms with Gasteiger partial charge in [-0.1, -0.05) is 0 Å². The first-order chi connectivity index (χ1) is 13.2. The van der Waals surface area contributed by atoms with Gasteiger partial charge in [0.2, 0.25) is 0 Å². The normalized spacial score (nSPS) is 26.6. The Kier molecular flexibility index (Phi) is 10.8. The molecule has 7 nitrogen and oxygen atoms in total. The van der Waals surface area contributed by atoms with E-state index in [1.807, 2.05) is 7.05 Å². The maximum absolute atomic E-state index is 6.13. The van der Waals surface area contributed by atoms with E-state index in [4.69, 9.17) is 18.9 Å². The summed E-state index contributed by atoms with van der Waals surface area (Å²) in [6.07, 6.45) is 8.16. The van der Waals surface area contributed by atoms with Crippen LogP contribution < -0.4 is 5.32 Å². The fourth-order valence-corrected chi connectivity index (χ4v) is 4.19. The summed E-state index contributed by atoms with van der Waals surface area (Å²) in [7, 11) is 3.66. The number of nitrogens with zero attached hydrogens (tertiary/aromatic N) is 2. The molecule has 0 amide bonds. The molecule has 3 aliphatic heterocycles. The van der Waals surface area contributed by atoms with Gasteiger partial charge in [-0.3, -0.25) is 4.99 Å². The van der Waals surface area contributed by atoms with E-state index in [-0.39, 0.29) is 29.6 Å². The molecule has 0 saturated carbocycles. The topological polar surface area (TPSA) is 64.6 Å². The zero-order valence-corrected chi connectivity index (χ0v) is 19.8. The van der Waals surface area contributed by atoms with Crippen LogP contribution in [0.4, 0.5) is 0 Å². The summed E-state index contributed by atoms with van der Waals surface area (Å²) >= 11 is 0. The highest BCUT2D eigenvalue weighted by atomic mass is 127. The van der Waals surface area contributed by atoms with E-state index in [1.54, 1.807) is 7.11 Å². The minimum Gasteiger partial charge on any atom is -0.381 e. The number of guanidine groups is 1. The molecule has 3 fully saturated rings. The Morgan fingerprint density at radius 3 is 2.50 bits per heavy atom. The standard InChI is InChI=1S/C20H37N3O4.HI/c1-21-19(22-16-20(24-2)8-13-25-14-9-20)23-10-6-17(7-11-23)27-15-18-5-3-4-12-26-18;/h17-18H,3-16H2,1-2H3,(H,21,22);1H. The molecule has 164 valence electrons. The molecule has 0 aromatic carbocycles. The Morgan fingerprint density at radius 2 is 1.89 bits per heavy atom. The maximum Gasteiger partial charge on any atom is 0.193 e. The number of nitrogens with one attached hydrogen (secondary N) is 1. The number of halogens is 1.